The number of rotatable bonds is 8. The Morgan fingerprint density at radius 1 is 0.903 bits per heavy atom. The van der Waals surface area contributed by atoms with Gasteiger partial charge in [0.05, 0.1) is 11.5 Å². The topological polar surface area (TPSA) is 70.6 Å². The van der Waals surface area contributed by atoms with Crippen LogP contribution in [0, 0.1) is 0 Å². The van der Waals surface area contributed by atoms with Crippen molar-refractivity contribution in [2.75, 3.05) is 11.1 Å². The van der Waals surface area contributed by atoms with Crippen LogP contribution in [-0.4, -0.2) is 23.3 Å². The van der Waals surface area contributed by atoms with Crippen molar-refractivity contribution in [1.29, 1.82) is 0 Å². The molecule has 2 N–H and O–H groups in total. The Labute approximate surface area is 190 Å². The number of amides is 2. The van der Waals surface area contributed by atoms with E-state index in [0.29, 0.717) is 27.7 Å². The number of anilines is 1. The summed E-state index contributed by atoms with van der Waals surface area (Å²) < 4.78 is 0. The Bertz CT molecular complexity index is 1050. The van der Waals surface area contributed by atoms with E-state index in [0.717, 1.165) is 16.9 Å². The maximum absolute atomic E-state index is 12.2. The fraction of sp³-hybridized carbons (Fsp3) is 0.125. The zero-order valence-electron chi connectivity index (χ0n) is 17.0. The smallest absolute Gasteiger partial charge is 0.255 e. The molecule has 0 radical (unpaired) electrons. The van der Waals surface area contributed by atoms with Gasteiger partial charge in [0.15, 0.2) is 0 Å². The zero-order valence-corrected chi connectivity index (χ0v) is 18.5. The van der Waals surface area contributed by atoms with Gasteiger partial charge in [-0.15, -0.1) is 11.8 Å². The summed E-state index contributed by atoms with van der Waals surface area (Å²) in [5, 5.41) is 7.72. The zero-order chi connectivity index (χ0) is 22.1. The Hall–Kier alpha value is -3.09. The molecular weight excluding hydrogens is 430 g/mol. The van der Waals surface area contributed by atoms with E-state index in [-0.39, 0.29) is 11.8 Å². The highest BCUT2D eigenvalue weighted by Crippen LogP contribution is 2.15. The number of hydrogen-bond acceptors (Lipinski definition) is 4. The monoisotopic (exact) mass is 451 g/mol. The summed E-state index contributed by atoms with van der Waals surface area (Å²) >= 11 is 7.38. The second kappa shape index (κ2) is 11.3. The van der Waals surface area contributed by atoms with Gasteiger partial charge in [-0.25, -0.2) is 5.43 Å². The summed E-state index contributed by atoms with van der Waals surface area (Å²) in [4.78, 5) is 24.2. The van der Waals surface area contributed by atoms with Crippen LogP contribution < -0.4 is 10.7 Å². The third kappa shape index (κ3) is 7.27. The number of carbonyl (C=O) groups excluding carboxylic acids is 2. The van der Waals surface area contributed by atoms with E-state index in [4.69, 9.17) is 11.6 Å². The van der Waals surface area contributed by atoms with Gasteiger partial charge in [-0.3, -0.25) is 9.59 Å². The van der Waals surface area contributed by atoms with Gasteiger partial charge in [0.25, 0.3) is 5.91 Å². The number of nitrogens with one attached hydrogen (secondary N) is 2. The van der Waals surface area contributed by atoms with Gasteiger partial charge >= 0.3 is 0 Å². The van der Waals surface area contributed by atoms with E-state index < -0.39 is 0 Å². The minimum Gasteiger partial charge on any atom is -0.322 e. The van der Waals surface area contributed by atoms with Crippen molar-refractivity contribution >= 4 is 46.6 Å². The fourth-order valence-corrected chi connectivity index (χ4v) is 3.58. The first-order valence-electron chi connectivity index (χ1n) is 9.63. The molecule has 158 valence electrons. The molecule has 0 heterocycles. The number of nitrogens with zero attached hydrogens (tertiary/aromatic N) is 1. The molecular formula is C24H22ClN3O2S. The lowest BCUT2D eigenvalue weighted by atomic mass is 10.1. The van der Waals surface area contributed by atoms with Crippen molar-refractivity contribution in [2.24, 2.45) is 5.10 Å². The Morgan fingerprint density at radius 2 is 1.58 bits per heavy atom. The summed E-state index contributed by atoms with van der Waals surface area (Å²) in [5.74, 6) is 0.708. The Balaban J connectivity index is 1.46. The van der Waals surface area contributed by atoms with Crippen molar-refractivity contribution in [1.82, 2.24) is 5.43 Å². The van der Waals surface area contributed by atoms with E-state index in [9.17, 15) is 9.59 Å². The van der Waals surface area contributed by atoms with Crippen molar-refractivity contribution < 1.29 is 9.59 Å². The summed E-state index contributed by atoms with van der Waals surface area (Å²) in [6, 6.07) is 23.9. The molecule has 0 aliphatic rings. The van der Waals surface area contributed by atoms with Gasteiger partial charge in [-0.1, -0.05) is 54.1 Å². The number of thioether (sulfide) groups is 1. The van der Waals surface area contributed by atoms with Crippen LogP contribution in [-0.2, 0) is 10.5 Å². The second-order valence-electron chi connectivity index (χ2n) is 6.75. The molecule has 0 atom stereocenters. The molecule has 0 aliphatic heterocycles. The minimum absolute atomic E-state index is 0.162. The molecule has 0 spiro atoms. The first kappa shape index (κ1) is 22.6. The Kier molecular flexibility index (Phi) is 8.27. The number of benzene rings is 3. The van der Waals surface area contributed by atoms with Crippen molar-refractivity contribution in [3.05, 3.63) is 101 Å². The lowest BCUT2D eigenvalue weighted by molar-refractivity contribution is -0.118. The van der Waals surface area contributed by atoms with Crippen LogP contribution in [0.15, 0.2) is 84.0 Å². The summed E-state index contributed by atoms with van der Waals surface area (Å²) in [5.41, 5.74) is 6.51. The van der Waals surface area contributed by atoms with Gasteiger partial charge < -0.3 is 5.32 Å². The molecule has 3 aromatic carbocycles. The Morgan fingerprint density at radius 3 is 2.26 bits per heavy atom. The number of hydrogen-bond donors (Lipinski definition) is 2. The van der Waals surface area contributed by atoms with Gasteiger partial charge in [-0.2, -0.15) is 5.10 Å². The molecule has 3 rings (SSSR count). The first-order valence-corrected chi connectivity index (χ1v) is 11.2. The van der Waals surface area contributed by atoms with Crippen LogP contribution in [0.5, 0.6) is 0 Å². The summed E-state index contributed by atoms with van der Waals surface area (Å²) in [6.45, 7) is 1.82. The van der Waals surface area contributed by atoms with Crippen molar-refractivity contribution in [3.8, 4) is 0 Å². The third-order valence-corrected chi connectivity index (χ3v) is 5.62. The molecule has 7 heteroatoms. The quantitative estimate of drug-likeness (QED) is 0.357. The molecule has 5 nitrogen and oxygen atoms in total. The molecule has 31 heavy (non-hydrogen) atoms. The van der Waals surface area contributed by atoms with Gasteiger partial charge in [0, 0.05) is 22.0 Å². The van der Waals surface area contributed by atoms with Crippen LogP contribution in [0.25, 0.3) is 0 Å². The average molecular weight is 452 g/mol. The molecule has 2 amide bonds. The predicted octanol–water partition coefficient (Wildman–Crippen LogP) is 5.37. The van der Waals surface area contributed by atoms with E-state index >= 15 is 0 Å². The average Bonchev–Trinajstić information content (AvgIpc) is 2.80. The predicted molar refractivity (Wildman–Crippen MR) is 129 cm³/mol. The second-order valence-corrected chi connectivity index (χ2v) is 8.17. The highest BCUT2D eigenvalue weighted by molar-refractivity contribution is 7.99. The molecule has 0 unspecified atom stereocenters. The molecule has 0 bridgehead atoms. The summed E-state index contributed by atoms with van der Waals surface area (Å²) in [6.07, 6.45) is 0. The molecule has 0 aromatic heterocycles. The summed E-state index contributed by atoms with van der Waals surface area (Å²) in [7, 11) is 0. The van der Waals surface area contributed by atoms with Crippen LogP contribution in [0.4, 0.5) is 5.69 Å². The molecule has 0 fully saturated rings. The lowest BCUT2D eigenvalue weighted by Crippen LogP contribution is -2.21. The number of hydrazone groups is 1. The van der Waals surface area contributed by atoms with Gasteiger partial charge in [-0.05, 0) is 54.4 Å². The minimum atomic E-state index is -0.165. The number of halogens is 1. The van der Waals surface area contributed by atoms with Crippen LogP contribution in [0.2, 0.25) is 5.02 Å². The van der Waals surface area contributed by atoms with E-state index in [1.807, 2.05) is 61.5 Å². The maximum atomic E-state index is 12.2. The SMILES string of the molecule is C/C(=N/NC(=O)CSCc1ccc(Cl)cc1)c1ccc(NC(=O)c2ccccc2)cc1. The van der Waals surface area contributed by atoms with Gasteiger partial charge in [0.2, 0.25) is 5.91 Å². The van der Waals surface area contributed by atoms with Crippen LogP contribution in [0.1, 0.15) is 28.4 Å². The molecule has 0 saturated carbocycles. The highest BCUT2D eigenvalue weighted by Gasteiger charge is 2.06. The number of carbonyl (C=O) groups is 2. The maximum Gasteiger partial charge on any atom is 0.255 e. The van der Waals surface area contributed by atoms with Crippen LogP contribution in [0.3, 0.4) is 0 Å². The highest BCUT2D eigenvalue weighted by atomic mass is 35.5. The molecule has 0 aliphatic carbocycles. The van der Waals surface area contributed by atoms with Crippen molar-refractivity contribution in [3.63, 3.8) is 0 Å². The normalized spacial score (nSPS) is 11.1. The third-order valence-electron chi connectivity index (χ3n) is 4.36. The largest absolute Gasteiger partial charge is 0.322 e. The van der Waals surface area contributed by atoms with E-state index in [1.165, 1.54) is 11.8 Å². The van der Waals surface area contributed by atoms with Crippen molar-refractivity contribution in [2.45, 2.75) is 12.7 Å². The first-order chi connectivity index (χ1) is 15.0. The standard InChI is InChI=1S/C24H22ClN3O2S/c1-17(27-28-23(29)16-31-15-18-7-11-21(25)12-8-18)19-9-13-22(14-10-19)26-24(30)20-5-3-2-4-6-20/h2-14H,15-16H2,1H3,(H,26,30)(H,28,29)/b27-17-. The van der Waals surface area contributed by atoms with Gasteiger partial charge in [0.1, 0.15) is 0 Å². The van der Waals surface area contributed by atoms with Crippen LogP contribution >= 0.6 is 23.4 Å². The fourth-order valence-electron chi connectivity index (χ4n) is 2.67. The molecule has 3 aromatic rings. The van der Waals surface area contributed by atoms with E-state index in [2.05, 4.69) is 15.8 Å². The molecule has 0 saturated heterocycles. The lowest BCUT2D eigenvalue weighted by Gasteiger charge is -2.07. The van der Waals surface area contributed by atoms with E-state index in [1.54, 1.807) is 24.3 Å².